The zero-order valence-electron chi connectivity index (χ0n) is 19.6. The van der Waals surface area contributed by atoms with E-state index in [9.17, 15) is 0 Å². The van der Waals surface area contributed by atoms with Crippen LogP contribution in [-0.2, 0) is 0 Å². The van der Waals surface area contributed by atoms with Gasteiger partial charge in [-0.2, -0.15) is 94.1 Å². The predicted octanol–water partition coefficient (Wildman–Crippen LogP) is 7.85. The van der Waals surface area contributed by atoms with Gasteiger partial charge in [0, 0.05) is 88.0 Å². The van der Waals surface area contributed by atoms with Crippen LogP contribution >= 0.6 is 94.1 Å². The second-order valence-corrected chi connectivity index (χ2v) is 21.7. The first kappa shape index (κ1) is 26.0. The minimum atomic E-state index is 0.965. The van der Waals surface area contributed by atoms with E-state index in [4.69, 9.17) is 0 Å². The SMILES string of the molecule is C(C1CC(SCC2CS2)CC(SCC2CS2)C1)C1CC(SCC2CS2)CC(SCC2CS2)C1. The molecule has 0 bridgehead atoms. The molecule has 8 atom stereocenters. The predicted molar refractivity (Wildman–Crippen MR) is 169 cm³/mol. The van der Waals surface area contributed by atoms with E-state index in [-0.39, 0.29) is 0 Å². The Kier molecular flexibility index (Phi) is 10.1. The third-order valence-corrected chi connectivity index (χ3v) is 18.3. The standard InChI is InChI=1S/C25H40S8/c1(16-2-18(26-8-22-12-30-22)6-19(3-16)27-9-23-13-31-23)17-4-20(28-10-24-14-32-24)7-21(5-17)29-11-25-15-33-25/h16-25H,1-15H2. The summed E-state index contributed by atoms with van der Waals surface area (Å²) in [6, 6.07) is 0. The van der Waals surface area contributed by atoms with Gasteiger partial charge in [0.25, 0.3) is 0 Å². The maximum atomic E-state index is 2.37. The molecule has 33 heavy (non-hydrogen) atoms. The molecule has 0 spiro atoms. The number of rotatable bonds is 14. The van der Waals surface area contributed by atoms with Crippen molar-refractivity contribution in [2.45, 2.75) is 86.9 Å². The summed E-state index contributed by atoms with van der Waals surface area (Å²) in [5, 5.41) is 7.89. The van der Waals surface area contributed by atoms with Gasteiger partial charge in [-0.25, -0.2) is 0 Å². The number of hydrogen-bond donors (Lipinski definition) is 0. The zero-order valence-corrected chi connectivity index (χ0v) is 26.2. The molecule has 0 nitrogen and oxygen atoms in total. The van der Waals surface area contributed by atoms with E-state index in [0.717, 1.165) is 53.8 Å². The van der Waals surface area contributed by atoms with Crippen molar-refractivity contribution in [2.75, 3.05) is 46.0 Å². The summed E-state index contributed by atoms with van der Waals surface area (Å²) < 4.78 is 0. The van der Waals surface area contributed by atoms with Crippen molar-refractivity contribution in [1.82, 2.24) is 0 Å². The van der Waals surface area contributed by atoms with Crippen LogP contribution in [0.5, 0.6) is 0 Å². The fourth-order valence-electron chi connectivity index (χ4n) is 5.68. The summed E-state index contributed by atoms with van der Waals surface area (Å²) in [5.41, 5.74) is 0. The van der Waals surface area contributed by atoms with E-state index in [1.54, 1.807) is 32.1 Å². The van der Waals surface area contributed by atoms with Crippen LogP contribution in [0.15, 0.2) is 0 Å². The van der Waals surface area contributed by atoms with Crippen LogP contribution in [0.2, 0.25) is 0 Å². The Morgan fingerprint density at radius 3 is 0.939 bits per heavy atom. The van der Waals surface area contributed by atoms with E-state index in [2.05, 4.69) is 94.1 Å². The van der Waals surface area contributed by atoms with Crippen molar-refractivity contribution in [1.29, 1.82) is 0 Å². The molecule has 188 valence electrons. The molecule has 4 saturated heterocycles. The van der Waals surface area contributed by atoms with Crippen LogP contribution in [0, 0.1) is 11.8 Å². The van der Waals surface area contributed by atoms with Gasteiger partial charge in [0.15, 0.2) is 0 Å². The topological polar surface area (TPSA) is 0 Å². The molecule has 6 aliphatic rings. The molecular weight excluding hydrogens is 557 g/mol. The number of thioether (sulfide) groups is 8. The lowest BCUT2D eigenvalue weighted by Gasteiger charge is -2.40. The third-order valence-electron chi connectivity index (χ3n) is 7.78. The van der Waals surface area contributed by atoms with Gasteiger partial charge in [-0.3, -0.25) is 0 Å². The largest absolute Gasteiger partial charge is 0.157 e. The maximum Gasteiger partial charge on any atom is 0.0229 e. The monoisotopic (exact) mass is 596 g/mol. The average molecular weight is 597 g/mol. The smallest absolute Gasteiger partial charge is 0.0229 e. The first-order valence-electron chi connectivity index (χ1n) is 13.2. The Balaban J connectivity index is 1.03. The molecule has 0 aromatic rings. The van der Waals surface area contributed by atoms with E-state index >= 15 is 0 Å². The van der Waals surface area contributed by atoms with Crippen LogP contribution in [-0.4, -0.2) is 88.0 Å². The third kappa shape index (κ3) is 9.49. The second-order valence-electron chi connectivity index (χ2n) is 11.0. The second kappa shape index (κ2) is 12.8. The molecule has 0 aromatic heterocycles. The Bertz CT molecular complexity index is 518. The first-order valence-corrected chi connectivity index (χ1v) is 21.6. The highest BCUT2D eigenvalue weighted by Crippen LogP contribution is 2.48. The van der Waals surface area contributed by atoms with Crippen LogP contribution in [0.3, 0.4) is 0 Å². The van der Waals surface area contributed by atoms with Crippen molar-refractivity contribution >= 4 is 94.1 Å². The summed E-state index contributed by atoms with van der Waals surface area (Å²) in [6.07, 6.45) is 10.8. The molecule has 2 aliphatic carbocycles. The van der Waals surface area contributed by atoms with E-state index < -0.39 is 0 Å². The van der Waals surface area contributed by atoms with Gasteiger partial charge in [-0.15, -0.1) is 0 Å². The summed E-state index contributed by atoms with van der Waals surface area (Å²) in [4.78, 5) is 0. The van der Waals surface area contributed by atoms with Crippen molar-refractivity contribution < 1.29 is 0 Å². The molecule has 8 heteroatoms. The van der Waals surface area contributed by atoms with Gasteiger partial charge in [0.05, 0.1) is 0 Å². The minimum absolute atomic E-state index is 0.965. The average Bonchev–Trinajstić information content (AvgIpc) is 3.62. The first-order chi connectivity index (χ1) is 16.2. The number of hydrogen-bond acceptors (Lipinski definition) is 8. The zero-order chi connectivity index (χ0) is 22.0. The highest BCUT2D eigenvalue weighted by molar-refractivity contribution is 8.10. The van der Waals surface area contributed by atoms with E-state index in [1.165, 1.54) is 58.9 Å². The molecule has 6 rings (SSSR count). The highest BCUT2D eigenvalue weighted by Gasteiger charge is 2.37. The Morgan fingerprint density at radius 1 is 0.424 bits per heavy atom. The molecule has 0 amide bonds. The summed E-state index contributed by atoms with van der Waals surface area (Å²) >= 11 is 18.3. The van der Waals surface area contributed by atoms with Gasteiger partial charge in [-0.05, 0) is 56.8 Å². The van der Waals surface area contributed by atoms with Crippen molar-refractivity contribution in [2.24, 2.45) is 11.8 Å². The lowest BCUT2D eigenvalue weighted by molar-refractivity contribution is 0.257. The lowest BCUT2D eigenvalue weighted by atomic mass is 9.77. The van der Waals surface area contributed by atoms with Gasteiger partial charge in [-0.1, -0.05) is 0 Å². The summed E-state index contributed by atoms with van der Waals surface area (Å²) in [5.74, 6) is 13.6. The molecule has 0 N–H and O–H groups in total. The van der Waals surface area contributed by atoms with Crippen molar-refractivity contribution in [3.05, 3.63) is 0 Å². The lowest BCUT2D eigenvalue weighted by Crippen LogP contribution is -2.32. The van der Waals surface area contributed by atoms with Crippen LogP contribution in [0.25, 0.3) is 0 Å². The van der Waals surface area contributed by atoms with E-state index in [1.807, 2.05) is 0 Å². The van der Waals surface area contributed by atoms with Crippen LogP contribution in [0.4, 0.5) is 0 Å². The maximum absolute atomic E-state index is 2.37. The van der Waals surface area contributed by atoms with Gasteiger partial charge in [0.1, 0.15) is 0 Å². The Hall–Kier alpha value is 2.80. The van der Waals surface area contributed by atoms with Crippen LogP contribution < -0.4 is 0 Å². The molecule has 4 aliphatic heterocycles. The fourth-order valence-corrected chi connectivity index (χ4v) is 15.5. The van der Waals surface area contributed by atoms with Gasteiger partial charge < -0.3 is 0 Å². The Morgan fingerprint density at radius 2 is 0.697 bits per heavy atom. The minimum Gasteiger partial charge on any atom is -0.157 e. The van der Waals surface area contributed by atoms with Gasteiger partial charge in [0.2, 0.25) is 0 Å². The van der Waals surface area contributed by atoms with E-state index in [0.29, 0.717) is 0 Å². The molecule has 0 radical (unpaired) electrons. The summed E-state index contributed by atoms with van der Waals surface area (Å²) in [7, 11) is 0. The van der Waals surface area contributed by atoms with Crippen molar-refractivity contribution in [3.63, 3.8) is 0 Å². The molecule has 2 saturated carbocycles. The summed E-state index contributed by atoms with van der Waals surface area (Å²) in [6.45, 7) is 0. The normalized spacial score (nSPS) is 46.2. The van der Waals surface area contributed by atoms with Crippen molar-refractivity contribution in [3.8, 4) is 0 Å². The molecule has 6 fully saturated rings. The molecule has 4 heterocycles. The van der Waals surface area contributed by atoms with Crippen LogP contribution in [0.1, 0.15) is 44.9 Å². The quantitative estimate of drug-likeness (QED) is 0.184. The molecule has 0 aromatic carbocycles. The van der Waals surface area contributed by atoms with Gasteiger partial charge >= 0.3 is 0 Å². The molecule has 8 unspecified atom stereocenters. The molecular formula is C25H40S8. The Labute approximate surface area is 236 Å². The fraction of sp³-hybridized carbons (Fsp3) is 1.00. The highest BCUT2D eigenvalue weighted by atomic mass is 32.2.